The van der Waals surface area contributed by atoms with Gasteiger partial charge in [-0.1, -0.05) is 6.92 Å². The summed E-state index contributed by atoms with van der Waals surface area (Å²) in [6, 6.07) is 2.25. The van der Waals surface area contributed by atoms with E-state index in [-0.39, 0.29) is 12.1 Å². The van der Waals surface area contributed by atoms with Gasteiger partial charge in [0, 0.05) is 25.2 Å². The van der Waals surface area contributed by atoms with Crippen molar-refractivity contribution < 1.29 is 4.74 Å². The SMILES string of the molecule is CCc1cc(CC(COC(C)C)NN)n(C)n1. The van der Waals surface area contributed by atoms with Gasteiger partial charge in [0.05, 0.1) is 18.4 Å². The minimum atomic E-state index is 0.123. The van der Waals surface area contributed by atoms with E-state index in [4.69, 9.17) is 10.6 Å². The maximum atomic E-state index is 5.57. The standard InChI is InChI=1S/C12H24N4O/c1-5-10-6-12(16(4)15-10)7-11(14-13)8-17-9(2)3/h6,9,11,14H,5,7-8,13H2,1-4H3. The predicted molar refractivity (Wildman–Crippen MR) is 68.5 cm³/mol. The lowest BCUT2D eigenvalue weighted by atomic mass is 10.1. The van der Waals surface area contributed by atoms with Crippen molar-refractivity contribution in [1.82, 2.24) is 15.2 Å². The first kappa shape index (κ1) is 14.2. The van der Waals surface area contributed by atoms with Gasteiger partial charge in [-0.3, -0.25) is 16.0 Å². The van der Waals surface area contributed by atoms with Gasteiger partial charge < -0.3 is 4.74 Å². The zero-order valence-corrected chi connectivity index (χ0v) is 11.2. The van der Waals surface area contributed by atoms with Gasteiger partial charge in [0.25, 0.3) is 0 Å². The van der Waals surface area contributed by atoms with E-state index < -0.39 is 0 Å². The highest BCUT2D eigenvalue weighted by Crippen LogP contribution is 2.07. The largest absolute Gasteiger partial charge is 0.377 e. The molecule has 1 aromatic heterocycles. The molecule has 5 heteroatoms. The molecule has 0 radical (unpaired) electrons. The fraction of sp³-hybridized carbons (Fsp3) is 0.750. The number of nitrogens with two attached hydrogens (primary N) is 1. The Morgan fingerprint density at radius 3 is 2.71 bits per heavy atom. The van der Waals surface area contributed by atoms with Crippen LogP contribution in [0.2, 0.25) is 0 Å². The molecule has 5 nitrogen and oxygen atoms in total. The van der Waals surface area contributed by atoms with Gasteiger partial charge in [-0.15, -0.1) is 0 Å². The number of ether oxygens (including phenoxy) is 1. The molecule has 0 amide bonds. The second-order valence-electron chi connectivity index (χ2n) is 4.55. The molecule has 0 aromatic carbocycles. The third kappa shape index (κ3) is 4.46. The molecule has 1 heterocycles. The molecule has 1 unspecified atom stereocenters. The van der Waals surface area contributed by atoms with Gasteiger partial charge >= 0.3 is 0 Å². The van der Waals surface area contributed by atoms with Gasteiger partial charge in [0.15, 0.2) is 0 Å². The zero-order valence-electron chi connectivity index (χ0n) is 11.2. The lowest BCUT2D eigenvalue weighted by Gasteiger charge is -2.17. The minimum absolute atomic E-state index is 0.123. The second-order valence-corrected chi connectivity index (χ2v) is 4.55. The highest BCUT2D eigenvalue weighted by Gasteiger charge is 2.12. The van der Waals surface area contributed by atoms with E-state index in [1.807, 2.05) is 25.6 Å². The number of aryl methyl sites for hydroxylation is 2. The Labute approximate surface area is 103 Å². The first-order valence-corrected chi connectivity index (χ1v) is 6.16. The Morgan fingerprint density at radius 1 is 1.53 bits per heavy atom. The van der Waals surface area contributed by atoms with Crippen LogP contribution in [0.5, 0.6) is 0 Å². The van der Waals surface area contributed by atoms with Crippen molar-refractivity contribution in [3.05, 3.63) is 17.5 Å². The number of hydrogen-bond donors (Lipinski definition) is 2. The van der Waals surface area contributed by atoms with Gasteiger partial charge in [-0.05, 0) is 26.3 Å². The molecule has 0 fully saturated rings. The maximum absolute atomic E-state index is 5.57. The molecule has 98 valence electrons. The summed E-state index contributed by atoms with van der Waals surface area (Å²) >= 11 is 0. The van der Waals surface area contributed by atoms with Crippen LogP contribution < -0.4 is 11.3 Å². The van der Waals surface area contributed by atoms with Crippen LogP contribution in [-0.2, 0) is 24.6 Å². The summed E-state index contributed by atoms with van der Waals surface area (Å²) in [5.74, 6) is 5.54. The number of aromatic nitrogens is 2. The van der Waals surface area contributed by atoms with Crippen LogP contribution in [0.4, 0.5) is 0 Å². The Balaban J connectivity index is 2.57. The smallest absolute Gasteiger partial charge is 0.0640 e. The molecule has 1 rings (SSSR count). The van der Waals surface area contributed by atoms with Crippen LogP contribution in [0.3, 0.4) is 0 Å². The van der Waals surface area contributed by atoms with E-state index in [9.17, 15) is 0 Å². The van der Waals surface area contributed by atoms with E-state index in [0.29, 0.717) is 6.61 Å². The minimum Gasteiger partial charge on any atom is -0.377 e. The Morgan fingerprint density at radius 2 is 2.24 bits per heavy atom. The summed E-state index contributed by atoms with van der Waals surface area (Å²) < 4.78 is 7.48. The van der Waals surface area contributed by atoms with E-state index in [0.717, 1.165) is 18.5 Å². The molecule has 1 atom stereocenters. The van der Waals surface area contributed by atoms with Crippen LogP contribution in [0, 0.1) is 0 Å². The first-order chi connectivity index (χ1) is 8.06. The van der Waals surface area contributed by atoms with Crippen LogP contribution in [0.15, 0.2) is 6.07 Å². The average molecular weight is 240 g/mol. The summed E-state index contributed by atoms with van der Waals surface area (Å²) in [4.78, 5) is 0. The Kier molecular flexibility index (Phi) is 5.61. The number of nitrogens with one attached hydrogen (secondary N) is 1. The average Bonchev–Trinajstić information content (AvgIpc) is 2.65. The normalized spacial score (nSPS) is 13.3. The van der Waals surface area contributed by atoms with E-state index in [1.165, 1.54) is 5.69 Å². The molecule has 0 saturated carbocycles. The number of rotatable bonds is 7. The fourth-order valence-corrected chi connectivity index (χ4v) is 1.66. The van der Waals surface area contributed by atoms with Crippen molar-refractivity contribution >= 4 is 0 Å². The quantitative estimate of drug-likeness (QED) is 0.546. The van der Waals surface area contributed by atoms with Gasteiger partial charge in [0.1, 0.15) is 0 Å². The van der Waals surface area contributed by atoms with Crippen LogP contribution >= 0.6 is 0 Å². The van der Waals surface area contributed by atoms with Crippen molar-refractivity contribution in [3.8, 4) is 0 Å². The van der Waals surface area contributed by atoms with Gasteiger partial charge in [-0.2, -0.15) is 5.10 Å². The zero-order chi connectivity index (χ0) is 12.8. The molecule has 0 spiro atoms. The second kappa shape index (κ2) is 6.74. The summed E-state index contributed by atoms with van der Waals surface area (Å²) in [7, 11) is 1.96. The van der Waals surface area contributed by atoms with Crippen LogP contribution in [-0.4, -0.2) is 28.5 Å². The van der Waals surface area contributed by atoms with Crippen LogP contribution in [0.25, 0.3) is 0 Å². The lowest BCUT2D eigenvalue weighted by molar-refractivity contribution is 0.0609. The molecule has 0 saturated heterocycles. The molecular weight excluding hydrogens is 216 g/mol. The van der Waals surface area contributed by atoms with Crippen LogP contribution in [0.1, 0.15) is 32.2 Å². The Hall–Kier alpha value is -0.910. The van der Waals surface area contributed by atoms with Crippen molar-refractivity contribution in [2.45, 2.75) is 45.8 Å². The topological polar surface area (TPSA) is 65.1 Å². The number of nitrogens with zero attached hydrogens (tertiary/aromatic N) is 2. The lowest BCUT2D eigenvalue weighted by Crippen LogP contribution is -2.41. The molecule has 1 aromatic rings. The van der Waals surface area contributed by atoms with E-state index >= 15 is 0 Å². The third-order valence-corrected chi connectivity index (χ3v) is 2.71. The van der Waals surface area contributed by atoms with Gasteiger partial charge in [-0.25, -0.2) is 0 Å². The van der Waals surface area contributed by atoms with E-state index in [1.54, 1.807) is 0 Å². The Bertz CT molecular complexity index is 335. The summed E-state index contributed by atoms with van der Waals surface area (Å²) in [6.45, 7) is 6.76. The predicted octanol–water partition coefficient (Wildman–Crippen LogP) is 0.782. The van der Waals surface area contributed by atoms with Gasteiger partial charge in [0.2, 0.25) is 0 Å². The summed E-state index contributed by atoms with van der Waals surface area (Å²) in [6.07, 6.45) is 2.01. The number of hydrazine groups is 1. The van der Waals surface area contributed by atoms with E-state index in [2.05, 4.69) is 23.5 Å². The highest BCUT2D eigenvalue weighted by atomic mass is 16.5. The molecule has 0 bridgehead atoms. The fourth-order valence-electron chi connectivity index (χ4n) is 1.66. The maximum Gasteiger partial charge on any atom is 0.0640 e. The molecule has 0 aliphatic heterocycles. The van der Waals surface area contributed by atoms with Crippen molar-refractivity contribution in [1.29, 1.82) is 0 Å². The number of hydrogen-bond acceptors (Lipinski definition) is 4. The van der Waals surface area contributed by atoms with Crippen molar-refractivity contribution in [3.63, 3.8) is 0 Å². The molecule has 17 heavy (non-hydrogen) atoms. The molecular formula is C12H24N4O. The molecule has 3 N–H and O–H groups in total. The first-order valence-electron chi connectivity index (χ1n) is 6.16. The van der Waals surface area contributed by atoms with Crippen molar-refractivity contribution in [2.75, 3.05) is 6.61 Å². The monoisotopic (exact) mass is 240 g/mol. The van der Waals surface area contributed by atoms with Crippen molar-refractivity contribution in [2.24, 2.45) is 12.9 Å². The highest BCUT2D eigenvalue weighted by molar-refractivity contribution is 5.11. The molecule has 0 aliphatic rings. The summed E-state index contributed by atoms with van der Waals surface area (Å²) in [5.41, 5.74) is 5.09. The molecule has 0 aliphatic carbocycles. The summed E-state index contributed by atoms with van der Waals surface area (Å²) in [5, 5.41) is 4.42. The third-order valence-electron chi connectivity index (χ3n) is 2.71.